The predicted molar refractivity (Wildman–Crippen MR) is 152 cm³/mol. The van der Waals surface area contributed by atoms with Crippen molar-refractivity contribution < 1.29 is 27.5 Å². The molecule has 3 aromatic rings. The molecule has 1 aliphatic heterocycles. The van der Waals surface area contributed by atoms with Crippen molar-refractivity contribution in [2.45, 2.75) is 25.9 Å². The van der Waals surface area contributed by atoms with Gasteiger partial charge < -0.3 is 19.7 Å². The van der Waals surface area contributed by atoms with Gasteiger partial charge in [0.05, 0.1) is 11.9 Å². The molecule has 0 radical (unpaired) electrons. The summed E-state index contributed by atoms with van der Waals surface area (Å²) < 4.78 is 38.4. The first-order valence-electron chi connectivity index (χ1n) is 12.4. The van der Waals surface area contributed by atoms with Crippen LogP contribution < -0.4 is 19.1 Å². The molecule has 206 valence electrons. The summed E-state index contributed by atoms with van der Waals surface area (Å²) >= 11 is 3.46. The summed E-state index contributed by atoms with van der Waals surface area (Å²) in [4.78, 5) is 28.8. The quantitative estimate of drug-likeness (QED) is 0.352. The number of carbonyl (C=O) groups excluding carboxylic acids is 2. The van der Waals surface area contributed by atoms with Gasteiger partial charge in [0.15, 0.2) is 11.5 Å². The Morgan fingerprint density at radius 1 is 0.974 bits per heavy atom. The van der Waals surface area contributed by atoms with E-state index in [1.165, 1.54) is 11.0 Å². The van der Waals surface area contributed by atoms with E-state index in [9.17, 15) is 18.0 Å². The normalized spacial score (nSPS) is 13.0. The van der Waals surface area contributed by atoms with Gasteiger partial charge in [-0.2, -0.15) is 0 Å². The molecule has 0 spiro atoms. The molecule has 1 heterocycles. The lowest BCUT2D eigenvalue weighted by atomic mass is 10.0. The van der Waals surface area contributed by atoms with Crippen LogP contribution in [0.4, 0.5) is 5.69 Å². The number of nitrogens with one attached hydrogen (secondary N) is 1. The van der Waals surface area contributed by atoms with Gasteiger partial charge in [-0.1, -0.05) is 58.4 Å². The minimum Gasteiger partial charge on any atom is -0.454 e. The van der Waals surface area contributed by atoms with Crippen molar-refractivity contribution in [3.05, 3.63) is 88.4 Å². The number of ether oxygens (including phenoxy) is 2. The van der Waals surface area contributed by atoms with Crippen molar-refractivity contribution in [2.75, 3.05) is 30.4 Å². The topological polar surface area (TPSA) is 105 Å². The molecule has 2 amide bonds. The van der Waals surface area contributed by atoms with Gasteiger partial charge in [0.2, 0.25) is 28.6 Å². The van der Waals surface area contributed by atoms with Gasteiger partial charge >= 0.3 is 0 Å². The highest BCUT2D eigenvalue weighted by molar-refractivity contribution is 9.10. The zero-order valence-electron chi connectivity index (χ0n) is 21.7. The van der Waals surface area contributed by atoms with Crippen molar-refractivity contribution in [1.29, 1.82) is 0 Å². The SMILES string of the molecule is CCNC(=O)[C@@H](Cc1ccccc1)N(Cc1cccc(Br)c1)C(=O)CN(c1ccc2c(c1)OCO2)S(C)(=O)=O. The van der Waals surface area contributed by atoms with Crippen molar-refractivity contribution in [1.82, 2.24) is 10.2 Å². The molecule has 0 unspecified atom stereocenters. The standard InChI is InChI=1S/C28H30BrN3O6S/c1-3-30-28(34)24(15-20-8-5-4-6-9-20)31(17-21-10-7-11-22(29)14-21)27(33)18-32(39(2,35)36)23-12-13-25-26(16-23)38-19-37-25/h4-14,16,24H,3,15,17-19H2,1-2H3,(H,30,34)/t24-/m1/s1. The third-order valence-electron chi connectivity index (χ3n) is 6.19. The van der Waals surface area contributed by atoms with Gasteiger partial charge in [0.25, 0.3) is 0 Å². The van der Waals surface area contributed by atoms with Crippen LogP contribution in [-0.2, 0) is 32.6 Å². The number of rotatable bonds is 11. The average Bonchev–Trinajstić information content (AvgIpc) is 3.37. The Kier molecular flexibility index (Phi) is 9.13. The van der Waals surface area contributed by atoms with Crippen molar-refractivity contribution in [3.8, 4) is 11.5 Å². The van der Waals surface area contributed by atoms with Crippen LogP contribution >= 0.6 is 15.9 Å². The second-order valence-electron chi connectivity index (χ2n) is 9.06. The maximum absolute atomic E-state index is 14.0. The van der Waals surface area contributed by atoms with E-state index in [0.717, 1.165) is 26.2 Å². The van der Waals surface area contributed by atoms with E-state index < -0.39 is 28.5 Å². The summed E-state index contributed by atoms with van der Waals surface area (Å²) in [6.07, 6.45) is 1.30. The van der Waals surface area contributed by atoms with Crippen LogP contribution in [0.3, 0.4) is 0 Å². The van der Waals surface area contributed by atoms with Gasteiger partial charge in [-0.15, -0.1) is 0 Å². The zero-order chi connectivity index (χ0) is 28.0. The van der Waals surface area contributed by atoms with Crippen LogP contribution in [0.2, 0.25) is 0 Å². The van der Waals surface area contributed by atoms with E-state index in [1.54, 1.807) is 12.1 Å². The first-order valence-corrected chi connectivity index (χ1v) is 15.0. The number of sulfonamides is 1. The molecule has 9 nitrogen and oxygen atoms in total. The number of anilines is 1. The summed E-state index contributed by atoms with van der Waals surface area (Å²) in [5.74, 6) is 0.0433. The fourth-order valence-electron chi connectivity index (χ4n) is 4.33. The number of nitrogens with zero attached hydrogens (tertiary/aromatic N) is 2. The largest absolute Gasteiger partial charge is 0.454 e. The number of amides is 2. The summed E-state index contributed by atoms with van der Waals surface area (Å²) in [5, 5.41) is 2.84. The number of likely N-dealkylation sites (N-methyl/N-ethyl adjacent to an activating group) is 1. The molecular weight excluding hydrogens is 586 g/mol. The molecule has 0 fully saturated rings. The minimum absolute atomic E-state index is 0.0325. The smallest absolute Gasteiger partial charge is 0.244 e. The van der Waals surface area contributed by atoms with Crippen LogP contribution in [0.5, 0.6) is 11.5 Å². The van der Waals surface area contributed by atoms with Crippen LogP contribution in [0.25, 0.3) is 0 Å². The van der Waals surface area contributed by atoms with Crippen LogP contribution in [0.15, 0.2) is 77.3 Å². The monoisotopic (exact) mass is 615 g/mol. The Labute approximate surface area is 236 Å². The van der Waals surface area contributed by atoms with Crippen molar-refractivity contribution >= 4 is 43.5 Å². The first-order chi connectivity index (χ1) is 18.7. The molecule has 3 aromatic carbocycles. The summed E-state index contributed by atoms with van der Waals surface area (Å²) in [6.45, 7) is 1.83. The lowest BCUT2D eigenvalue weighted by Gasteiger charge is -2.33. The van der Waals surface area contributed by atoms with Gasteiger partial charge in [0.1, 0.15) is 12.6 Å². The fourth-order valence-corrected chi connectivity index (χ4v) is 5.62. The number of halogens is 1. The molecule has 1 aliphatic rings. The third kappa shape index (κ3) is 7.30. The predicted octanol–water partition coefficient (Wildman–Crippen LogP) is 3.72. The number of fused-ring (bicyclic) bond motifs is 1. The van der Waals surface area contributed by atoms with Gasteiger partial charge in [-0.3, -0.25) is 13.9 Å². The Hall–Kier alpha value is -3.57. The van der Waals surface area contributed by atoms with E-state index in [2.05, 4.69) is 21.2 Å². The number of benzene rings is 3. The maximum atomic E-state index is 14.0. The molecule has 11 heteroatoms. The first kappa shape index (κ1) is 28.4. The van der Waals surface area contributed by atoms with Gasteiger partial charge in [-0.05, 0) is 42.3 Å². The number of hydrogen-bond donors (Lipinski definition) is 1. The Morgan fingerprint density at radius 2 is 1.69 bits per heavy atom. The molecule has 0 bridgehead atoms. The molecule has 0 saturated heterocycles. The van der Waals surface area contributed by atoms with E-state index in [-0.39, 0.29) is 31.4 Å². The number of hydrogen-bond acceptors (Lipinski definition) is 6. The maximum Gasteiger partial charge on any atom is 0.244 e. The summed E-state index contributed by atoms with van der Waals surface area (Å²) in [6, 6.07) is 20.7. The molecule has 4 rings (SSSR count). The van der Waals surface area contributed by atoms with E-state index >= 15 is 0 Å². The third-order valence-corrected chi connectivity index (χ3v) is 7.82. The highest BCUT2D eigenvalue weighted by Gasteiger charge is 2.33. The molecule has 0 aliphatic carbocycles. The van der Waals surface area contributed by atoms with Gasteiger partial charge in [0, 0.05) is 30.0 Å². The van der Waals surface area contributed by atoms with Crippen molar-refractivity contribution in [3.63, 3.8) is 0 Å². The van der Waals surface area contributed by atoms with E-state index in [1.807, 2.05) is 61.5 Å². The van der Waals surface area contributed by atoms with Crippen LogP contribution in [-0.4, -0.2) is 57.3 Å². The molecular formula is C28H30BrN3O6S. The van der Waals surface area contributed by atoms with Crippen LogP contribution in [0.1, 0.15) is 18.1 Å². The Morgan fingerprint density at radius 3 is 2.38 bits per heavy atom. The van der Waals surface area contributed by atoms with Crippen LogP contribution in [0, 0.1) is 0 Å². The van der Waals surface area contributed by atoms with Crippen molar-refractivity contribution in [2.24, 2.45) is 0 Å². The fraction of sp³-hybridized carbons (Fsp3) is 0.286. The summed E-state index contributed by atoms with van der Waals surface area (Å²) in [7, 11) is -3.88. The highest BCUT2D eigenvalue weighted by Crippen LogP contribution is 2.36. The lowest BCUT2D eigenvalue weighted by Crippen LogP contribution is -2.53. The van der Waals surface area contributed by atoms with E-state index in [4.69, 9.17) is 9.47 Å². The second kappa shape index (κ2) is 12.5. The molecule has 0 aromatic heterocycles. The molecule has 39 heavy (non-hydrogen) atoms. The number of carbonyl (C=O) groups is 2. The average molecular weight is 617 g/mol. The van der Waals surface area contributed by atoms with E-state index in [0.29, 0.717) is 18.0 Å². The molecule has 0 saturated carbocycles. The van der Waals surface area contributed by atoms with Gasteiger partial charge in [-0.25, -0.2) is 8.42 Å². The summed E-state index contributed by atoms with van der Waals surface area (Å²) in [5.41, 5.74) is 1.92. The zero-order valence-corrected chi connectivity index (χ0v) is 24.1. The Balaban J connectivity index is 1.72. The lowest BCUT2D eigenvalue weighted by molar-refractivity contribution is -0.140. The Bertz CT molecular complexity index is 1430. The second-order valence-corrected chi connectivity index (χ2v) is 11.9. The molecule has 1 N–H and O–H groups in total. The molecule has 1 atom stereocenters. The highest BCUT2D eigenvalue weighted by atomic mass is 79.9. The minimum atomic E-state index is -3.88.